The minimum Gasteiger partial charge on any atom is -0.508 e. The van der Waals surface area contributed by atoms with E-state index in [1.54, 1.807) is 12.1 Å². The first-order valence-corrected chi connectivity index (χ1v) is 8.22. The van der Waals surface area contributed by atoms with E-state index in [4.69, 9.17) is 0 Å². The number of hydrogen-bond acceptors (Lipinski definition) is 2. The van der Waals surface area contributed by atoms with Crippen LogP contribution in [0.2, 0.25) is 0 Å². The normalized spacial score (nSPS) is 16.0. The molecule has 116 valence electrons. The fourth-order valence-electron chi connectivity index (χ4n) is 2.86. The lowest BCUT2D eigenvalue weighted by molar-refractivity contribution is -0.914. The molecular formula is C17H19BrFN2O+. The van der Waals surface area contributed by atoms with Gasteiger partial charge >= 0.3 is 0 Å². The van der Waals surface area contributed by atoms with Crippen LogP contribution in [0.25, 0.3) is 0 Å². The first-order valence-electron chi connectivity index (χ1n) is 7.43. The van der Waals surface area contributed by atoms with Gasteiger partial charge < -0.3 is 14.9 Å². The molecule has 0 spiro atoms. The number of quaternary nitrogens is 1. The molecular weight excluding hydrogens is 347 g/mol. The lowest BCUT2D eigenvalue weighted by Crippen LogP contribution is -3.13. The summed E-state index contributed by atoms with van der Waals surface area (Å²) in [5.74, 6) is 0.154. The van der Waals surface area contributed by atoms with Crippen LogP contribution in [0, 0.1) is 5.82 Å². The Morgan fingerprint density at radius 2 is 1.77 bits per heavy atom. The van der Waals surface area contributed by atoms with Crippen molar-refractivity contribution in [3.63, 3.8) is 0 Å². The standard InChI is InChI=1S/C17H18BrFN2O/c18-14-2-1-13(17(19)11-14)12-20-7-9-21(10-8-20)15-3-5-16(22)6-4-15/h1-6,11,22H,7-10,12H2/p+1. The minimum atomic E-state index is -0.136. The Hall–Kier alpha value is -1.59. The molecule has 2 aromatic carbocycles. The van der Waals surface area contributed by atoms with Gasteiger partial charge in [0.2, 0.25) is 0 Å². The molecule has 2 N–H and O–H groups in total. The van der Waals surface area contributed by atoms with Gasteiger partial charge in [-0.2, -0.15) is 0 Å². The highest BCUT2D eigenvalue weighted by molar-refractivity contribution is 9.10. The van der Waals surface area contributed by atoms with Crippen LogP contribution in [-0.4, -0.2) is 31.3 Å². The highest BCUT2D eigenvalue weighted by Crippen LogP contribution is 2.18. The number of phenols is 1. The van der Waals surface area contributed by atoms with Gasteiger partial charge in [-0.1, -0.05) is 15.9 Å². The molecule has 0 amide bonds. The number of phenolic OH excluding ortho intramolecular Hbond substituents is 1. The maximum atomic E-state index is 13.9. The number of nitrogens with zero attached hydrogens (tertiary/aromatic N) is 1. The topological polar surface area (TPSA) is 27.9 Å². The third-order valence-corrected chi connectivity index (χ3v) is 4.63. The van der Waals surface area contributed by atoms with E-state index in [9.17, 15) is 9.50 Å². The van der Waals surface area contributed by atoms with Crippen molar-refractivity contribution in [3.05, 3.63) is 58.3 Å². The predicted molar refractivity (Wildman–Crippen MR) is 88.8 cm³/mol. The maximum absolute atomic E-state index is 13.9. The molecule has 2 aromatic rings. The SMILES string of the molecule is Oc1ccc(N2CC[NH+](Cc3ccc(Br)cc3F)CC2)cc1. The Bertz CT molecular complexity index is 640. The molecule has 22 heavy (non-hydrogen) atoms. The number of benzene rings is 2. The summed E-state index contributed by atoms with van der Waals surface area (Å²) in [5.41, 5.74) is 1.91. The molecule has 0 saturated carbocycles. The molecule has 1 aliphatic rings. The van der Waals surface area contributed by atoms with Crippen molar-refractivity contribution < 1.29 is 14.4 Å². The molecule has 1 aliphatic heterocycles. The predicted octanol–water partition coefficient (Wildman–Crippen LogP) is 2.20. The second-order valence-corrected chi connectivity index (χ2v) is 6.58. The van der Waals surface area contributed by atoms with E-state index >= 15 is 0 Å². The van der Waals surface area contributed by atoms with Crippen LogP contribution < -0.4 is 9.80 Å². The summed E-state index contributed by atoms with van der Waals surface area (Å²) in [6.07, 6.45) is 0. The zero-order valence-electron chi connectivity index (χ0n) is 12.2. The Balaban J connectivity index is 1.58. The molecule has 5 heteroatoms. The van der Waals surface area contributed by atoms with Crippen LogP contribution in [-0.2, 0) is 6.54 Å². The second kappa shape index (κ2) is 6.67. The van der Waals surface area contributed by atoms with Gasteiger partial charge in [0, 0.05) is 15.7 Å². The first kappa shape index (κ1) is 15.3. The second-order valence-electron chi connectivity index (χ2n) is 5.67. The van der Waals surface area contributed by atoms with E-state index in [0.29, 0.717) is 5.75 Å². The van der Waals surface area contributed by atoms with Crippen LogP contribution in [0.3, 0.4) is 0 Å². The Labute approximate surface area is 138 Å². The summed E-state index contributed by atoms with van der Waals surface area (Å²) in [7, 11) is 0. The van der Waals surface area contributed by atoms with Crippen LogP contribution >= 0.6 is 15.9 Å². The van der Waals surface area contributed by atoms with Crippen molar-refractivity contribution in [2.75, 3.05) is 31.1 Å². The highest BCUT2D eigenvalue weighted by Gasteiger charge is 2.21. The van der Waals surface area contributed by atoms with E-state index in [1.807, 2.05) is 24.3 Å². The van der Waals surface area contributed by atoms with Gasteiger partial charge in [-0.25, -0.2) is 4.39 Å². The van der Waals surface area contributed by atoms with Gasteiger partial charge in [0.05, 0.1) is 26.2 Å². The van der Waals surface area contributed by atoms with Gasteiger partial charge in [-0.3, -0.25) is 0 Å². The van der Waals surface area contributed by atoms with Crippen LogP contribution in [0.5, 0.6) is 5.75 Å². The Morgan fingerprint density at radius 3 is 2.41 bits per heavy atom. The molecule has 1 heterocycles. The quantitative estimate of drug-likeness (QED) is 0.872. The Morgan fingerprint density at radius 1 is 1.09 bits per heavy atom. The molecule has 0 aromatic heterocycles. The lowest BCUT2D eigenvalue weighted by Gasteiger charge is -2.33. The van der Waals surface area contributed by atoms with E-state index in [0.717, 1.165) is 48.4 Å². The van der Waals surface area contributed by atoms with Crippen LogP contribution in [0.4, 0.5) is 10.1 Å². The van der Waals surface area contributed by atoms with Crippen molar-refractivity contribution in [2.24, 2.45) is 0 Å². The fraction of sp³-hybridized carbons (Fsp3) is 0.294. The Kier molecular flexibility index (Phi) is 4.64. The number of nitrogens with one attached hydrogen (secondary N) is 1. The van der Waals surface area contributed by atoms with Gasteiger partial charge in [0.15, 0.2) is 0 Å². The van der Waals surface area contributed by atoms with Crippen molar-refractivity contribution >= 4 is 21.6 Å². The fourth-order valence-corrected chi connectivity index (χ4v) is 3.19. The summed E-state index contributed by atoms with van der Waals surface area (Å²) in [5, 5.41) is 9.35. The number of hydrogen-bond donors (Lipinski definition) is 2. The minimum absolute atomic E-state index is 0.136. The van der Waals surface area contributed by atoms with Gasteiger partial charge in [-0.05, 0) is 42.5 Å². The summed E-state index contributed by atoms with van der Waals surface area (Å²) in [6.45, 7) is 4.58. The lowest BCUT2D eigenvalue weighted by atomic mass is 10.1. The average molecular weight is 366 g/mol. The summed E-state index contributed by atoms with van der Waals surface area (Å²) >= 11 is 3.29. The molecule has 3 nitrogen and oxygen atoms in total. The molecule has 1 saturated heterocycles. The summed E-state index contributed by atoms with van der Waals surface area (Å²) < 4.78 is 14.7. The highest BCUT2D eigenvalue weighted by atomic mass is 79.9. The number of anilines is 1. The van der Waals surface area contributed by atoms with Crippen molar-refractivity contribution in [1.29, 1.82) is 0 Å². The summed E-state index contributed by atoms with van der Waals surface area (Å²) in [6, 6.07) is 12.6. The zero-order valence-corrected chi connectivity index (χ0v) is 13.8. The molecule has 0 bridgehead atoms. The molecule has 3 rings (SSSR count). The van der Waals surface area contributed by atoms with E-state index in [2.05, 4.69) is 20.8 Å². The third-order valence-electron chi connectivity index (χ3n) is 4.14. The van der Waals surface area contributed by atoms with Gasteiger partial charge in [-0.15, -0.1) is 0 Å². The number of halogens is 2. The third kappa shape index (κ3) is 3.59. The van der Waals surface area contributed by atoms with E-state index in [1.165, 1.54) is 11.0 Å². The van der Waals surface area contributed by atoms with Crippen molar-refractivity contribution in [1.82, 2.24) is 0 Å². The maximum Gasteiger partial charge on any atom is 0.133 e. The zero-order chi connectivity index (χ0) is 15.5. The van der Waals surface area contributed by atoms with Gasteiger partial charge in [0.25, 0.3) is 0 Å². The smallest absolute Gasteiger partial charge is 0.133 e. The van der Waals surface area contributed by atoms with Crippen LogP contribution in [0.1, 0.15) is 5.56 Å². The molecule has 1 fully saturated rings. The van der Waals surface area contributed by atoms with E-state index in [-0.39, 0.29) is 5.82 Å². The largest absolute Gasteiger partial charge is 0.508 e. The van der Waals surface area contributed by atoms with Crippen molar-refractivity contribution in [3.8, 4) is 5.75 Å². The number of piperazine rings is 1. The summed E-state index contributed by atoms with van der Waals surface area (Å²) in [4.78, 5) is 3.71. The average Bonchev–Trinajstić information content (AvgIpc) is 2.52. The number of rotatable bonds is 3. The molecule has 0 unspecified atom stereocenters. The number of aromatic hydroxyl groups is 1. The molecule has 0 atom stereocenters. The van der Waals surface area contributed by atoms with Gasteiger partial charge in [0.1, 0.15) is 18.1 Å². The van der Waals surface area contributed by atoms with Crippen LogP contribution in [0.15, 0.2) is 46.9 Å². The van der Waals surface area contributed by atoms with E-state index < -0.39 is 0 Å². The first-order chi connectivity index (χ1) is 10.6. The molecule has 0 radical (unpaired) electrons. The monoisotopic (exact) mass is 365 g/mol. The van der Waals surface area contributed by atoms with Crippen molar-refractivity contribution in [2.45, 2.75) is 6.54 Å². The molecule has 0 aliphatic carbocycles.